The topological polar surface area (TPSA) is 169 Å². The molecular weight excluding hydrogens is 582 g/mol. The molecule has 0 bridgehead atoms. The van der Waals surface area contributed by atoms with Crippen LogP contribution in [0.2, 0.25) is 0 Å². The fourth-order valence-electron chi connectivity index (χ4n) is 8.15. The first-order valence-corrected chi connectivity index (χ1v) is 16.3. The van der Waals surface area contributed by atoms with Crippen LogP contribution < -0.4 is 16.0 Å². The van der Waals surface area contributed by atoms with E-state index in [2.05, 4.69) is 42.6 Å². The molecule has 4 N–H and O–H groups in total. The van der Waals surface area contributed by atoms with Gasteiger partial charge in [-0.25, -0.2) is 5.10 Å². The van der Waals surface area contributed by atoms with Crippen LogP contribution in [0.4, 0.5) is 0 Å². The number of aromatic nitrogens is 4. The largest absolute Gasteiger partial charge is 0.355 e. The van der Waals surface area contributed by atoms with Crippen molar-refractivity contribution in [2.75, 3.05) is 20.6 Å². The van der Waals surface area contributed by atoms with E-state index in [4.69, 9.17) is 0 Å². The summed E-state index contributed by atoms with van der Waals surface area (Å²) in [4.78, 5) is 40.9. The lowest BCUT2D eigenvalue weighted by Gasteiger charge is -2.42. The summed E-state index contributed by atoms with van der Waals surface area (Å²) in [6, 6.07) is 13.7. The van der Waals surface area contributed by atoms with Crippen LogP contribution in [0.5, 0.6) is 0 Å². The summed E-state index contributed by atoms with van der Waals surface area (Å²) >= 11 is 0. The van der Waals surface area contributed by atoms with Gasteiger partial charge in [0.1, 0.15) is 6.04 Å². The fraction of sp³-hybridized carbons (Fsp3) is 0.500. The first-order valence-electron chi connectivity index (χ1n) is 16.3. The Morgan fingerprint density at radius 1 is 1.02 bits per heavy atom. The van der Waals surface area contributed by atoms with E-state index in [1.165, 1.54) is 0 Å². The first kappa shape index (κ1) is 30.0. The van der Waals surface area contributed by atoms with Crippen molar-refractivity contribution in [3.05, 3.63) is 75.6 Å². The van der Waals surface area contributed by atoms with Crippen LogP contribution >= 0.6 is 0 Å². The Hall–Kier alpha value is -4.63. The van der Waals surface area contributed by atoms with Crippen molar-refractivity contribution in [3.63, 3.8) is 0 Å². The zero-order chi connectivity index (χ0) is 32.0. The fourth-order valence-corrected chi connectivity index (χ4v) is 8.15. The van der Waals surface area contributed by atoms with Gasteiger partial charge >= 0.3 is 0 Å². The summed E-state index contributed by atoms with van der Waals surface area (Å²) in [6.07, 6.45) is 6.81. The molecule has 3 aliphatic carbocycles. The Labute approximate surface area is 267 Å². The molecule has 3 amide bonds. The number of aryl methyl sites for hydroxylation is 2. The van der Waals surface area contributed by atoms with Crippen molar-refractivity contribution in [2.45, 2.75) is 74.9 Å². The number of nitriles is 1. The van der Waals surface area contributed by atoms with Crippen molar-refractivity contribution in [1.29, 1.82) is 5.26 Å². The molecule has 4 atom stereocenters. The molecule has 1 saturated heterocycles. The third-order valence-corrected chi connectivity index (χ3v) is 10.8. The van der Waals surface area contributed by atoms with Crippen LogP contribution in [0.3, 0.4) is 0 Å². The van der Waals surface area contributed by atoms with E-state index in [1.54, 1.807) is 14.1 Å². The van der Waals surface area contributed by atoms with Crippen LogP contribution in [-0.2, 0) is 23.1 Å². The SMILES string of the molecule is CNC(=O)c1ccc2c(c1)CCc1cc(C(=O)NC)ccc1C2(C[C@@H](NCC(=O)N1C(C#N)C[C@@H]2C[C@@H]21)C1CCC1)c1nnn[nH]1. The summed E-state index contributed by atoms with van der Waals surface area (Å²) in [5, 5.41) is 34.5. The number of carbonyl (C=O) groups is 3. The number of nitrogens with one attached hydrogen (secondary N) is 4. The molecular formula is C34H39N9O3. The number of rotatable bonds is 9. The van der Waals surface area contributed by atoms with Crippen molar-refractivity contribution < 1.29 is 14.4 Å². The van der Waals surface area contributed by atoms with Crippen LogP contribution in [0.25, 0.3) is 0 Å². The second-order valence-electron chi connectivity index (χ2n) is 13.2. The second kappa shape index (κ2) is 11.9. The van der Waals surface area contributed by atoms with Gasteiger partial charge in [-0.2, -0.15) is 5.26 Å². The van der Waals surface area contributed by atoms with Crippen LogP contribution in [0.1, 0.15) is 87.3 Å². The standard InChI is InChI=1S/C34H39N9O3/c1-36-31(45)22-8-10-26-20(12-22)6-7-21-13-23(32(46)37-2)9-11-27(21)34(26,33-39-41-42-40-33)16-28(19-4-3-5-19)38-18-30(44)43-25(17-35)14-24-15-29(24)43/h8-13,19,24-25,28-29,38H,3-7,14-16,18H2,1-2H3,(H,36,45)(H,37,46)(H,39,40,41,42)/t24-,25?,28-,29+/m1/s1. The third-order valence-electron chi connectivity index (χ3n) is 10.8. The summed E-state index contributed by atoms with van der Waals surface area (Å²) in [5.41, 5.74) is 4.27. The minimum Gasteiger partial charge on any atom is -0.355 e. The van der Waals surface area contributed by atoms with Crippen LogP contribution in [0.15, 0.2) is 36.4 Å². The predicted octanol–water partition coefficient (Wildman–Crippen LogP) is 2.01. The molecule has 2 heterocycles. The number of H-pyrrole nitrogens is 1. The van der Waals surface area contributed by atoms with Gasteiger partial charge in [-0.3, -0.25) is 14.4 Å². The zero-order valence-corrected chi connectivity index (χ0v) is 26.2. The number of amides is 3. The summed E-state index contributed by atoms with van der Waals surface area (Å²) in [5.74, 6) is 1.01. The number of hydrogen-bond donors (Lipinski definition) is 4. The lowest BCUT2D eigenvalue weighted by Crippen LogP contribution is -2.50. The first-order chi connectivity index (χ1) is 22.4. The highest BCUT2D eigenvalue weighted by Crippen LogP contribution is 2.50. The van der Waals surface area contributed by atoms with Crippen molar-refractivity contribution in [3.8, 4) is 6.07 Å². The molecule has 3 aromatic rings. The average molecular weight is 622 g/mol. The highest BCUT2D eigenvalue weighted by atomic mass is 16.2. The van der Waals surface area contributed by atoms with Gasteiger partial charge in [-0.1, -0.05) is 18.6 Å². The molecule has 1 aromatic heterocycles. The summed E-state index contributed by atoms with van der Waals surface area (Å²) in [6.45, 7) is 0.151. The monoisotopic (exact) mass is 621 g/mol. The van der Waals surface area contributed by atoms with Gasteiger partial charge in [0, 0.05) is 37.3 Å². The number of fused-ring (bicyclic) bond motifs is 3. The Morgan fingerprint density at radius 2 is 1.67 bits per heavy atom. The summed E-state index contributed by atoms with van der Waals surface area (Å²) in [7, 11) is 3.24. The van der Waals surface area contributed by atoms with E-state index in [-0.39, 0.29) is 42.4 Å². The van der Waals surface area contributed by atoms with E-state index in [0.29, 0.717) is 48.0 Å². The zero-order valence-electron chi connectivity index (χ0n) is 26.2. The molecule has 1 unspecified atom stereocenters. The minimum absolute atomic E-state index is 0.0247. The summed E-state index contributed by atoms with van der Waals surface area (Å²) < 4.78 is 0. The maximum Gasteiger partial charge on any atom is 0.251 e. The van der Waals surface area contributed by atoms with Crippen molar-refractivity contribution in [2.24, 2.45) is 11.8 Å². The molecule has 0 radical (unpaired) electrons. The molecule has 2 saturated carbocycles. The highest BCUT2D eigenvalue weighted by molar-refractivity contribution is 5.95. The number of benzene rings is 2. The molecule has 7 rings (SSSR count). The Balaban J connectivity index is 1.33. The molecule has 3 fully saturated rings. The van der Waals surface area contributed by atoms with E-state index >= 15 is 0 Å². The predicted molar refractivity (Wildman–Crippen MR) is 168 cm³/mol. The van der Waals surface area contributed by atoms with Crippen LogP contribution in [0, 0.1) is 23.2 Å². The Morgan fingerprint density at radius 3 is 2.20 bits per heavy atom. The number of nitrogens with zero attached hydrogens (tertiary/aromatic N) is 5. The average Bonchev–Trinajstić information content (AvgIpc) is 3.44. The van der Waals surface area contributed by atoms with Gasteiger partial charge in [-0.05, 0) is 114 Å². The van der Waals surface area contributed by atoms with Crippen molar-refractivity contribution in [1.82, 2.24) is 41.5 Å². The molecule has 12 heteroatoms. The van der Waals surface area contributed by atoms with E-state index in [1.807, 2.05) is 41.3 Å². The number of likely N-dealkylation sites (tertiary alicyclic amines) is 1. The Kier molecular flexibility index (Phi) is 7.80. The second-order valence-corrected chi connectivity index (χ2v) is 13.2. The van der Waals surface area contributed by atoms with Gasteiger partial charge < -0.3 is 20.9 Å². The number of tetrazole rings is 1. The van der Waals surface area contributed by atoms with Gasteiger partial charge in [0.15, 0.2) is 5.82 Å². The number of hydrogen-bond acceptors (Lipinski definition) is 8. The lowest BCUT2D eigenvalue weighted by atomic mass is 9.64. The molecule has 2 aromatic carbocycles. The van der Waals surface area contributed by atoms with E-state index < -0.39 is 5.41 Å². The third kappa shape index (κ3) is 5.03. The van der Waals surface area contributed by atoms with Gasteiger partial charge in [-0.15, -0.1) is 5.10 Å². The molecule has 12 nitrogen and oxygen atoms in total. The number of aromatic amines is 1. The van der Waals surface area contributed by atoms with E-state index in [9.17, 15) is 19.6 Å². The van der Waals surface area contributed by atoms with Gasteiger partial charge in [0.05, 0.1) is 18.0 Å². The van der Waals surface area contributed by atoms with Gasteiger partial charge in [0.25, 0.3) is 11.8 Å². The quantitative estimate of drug-likeness (QED) is 0.281. The molecule has 238 valence electrons. The smallest absolute Gasteiger partial charge is 0.251 e. The maximum atomic E-state index is 13.6. The lowest BCUT2D eigenvalue weighted by molar-refractivity contribution is -0.131. The van der Waals surface area contributed by atoms with Crippen molar-refractivity contribution >= 4 is 17.7 Å². The number of piperidine rings is 1. The Bertz CT molecular complexity index is 1640. The van der Waals surface area contributed by atoms with Gasteiger partial charge in [0.2, 0.25) is 5.91 Å². The maximum absolute atomic E-state index is 13.6. The van der Waals surface area contributed by atoms with Crippen LogP contribution in [-0.4, -0.2) is 82.0 Å². The number of carbonyl (C=O) groups excluding carboxylic acids is 3. The molecule has 1 aliphatic heterocycles. The molecule has 0 spiro atoms. The normalized spacial score (nSPS) is 23.1. The molecule has 4 aliphatic rings. The van der Waals surface area contributed by atoms with E-state index in [0.717, 1.165) is 54.4 Å². The molecule has 46 heavy (non-hydrogen) atoms. The minimum atomic E-state index is -0.867. The highest BCUT2D eigenvalue weighted by Gasteiger charge is 2.54.